The maximum Gasteiger partial charge on any atom is 0.231 e. The van der Waals surface area contributed by atoms with E-state index in [4.69, 9.17) is 10.5 Å². The molecule has 2 aliphatic heterocycles. The SMILES string of the molecule is CC1(C)CC(=O)N(C[C@@]2(C)CC2C(=O)N[C@H]2CC(C3CC3)Oc3ccccc32)C(N)=N1. The number of nitrogens with one attached hydrogen (secondary N) is 1. The van der Waals surface area contributed by atoms with Crippen LogP contribution in [-0.4, -0.2) is 40.9 Å². The number of ether oxygens (including phenoxy) is 1. The quantitative estimate of drug-likeness (QED) is 0.760. The lowest BCUT2D eigenvalue weighted by molar-refractivity contribution is -0.130. The van der Waals surface area contributed by atoms with E-state index in [-0.39, 0.29) is 41.3 Å². The molecule has 1 aromatic carbocycles. The molecule has 3 N–H and O–H groups in total. The smallest absolute Gasteiger partial charge is 0.231 e. The predicted octanol–water partition coefficient (Wildman–Crippen LogP) is 2.76. The van der Waals surface area contributed by atoms with Gasteiger partial charge in [-0.25, -0.2) is 4.99 Å². The number of guanidine groups is 1. The standard InChI is InChI=1S/C24H32N4O3/c1-23(2)12-20(29)28(22(25)27-23)13-24(3)11-16(24)21(30)26-17-10-19(14-8-9-14)31-18-7-5-4-6-15(17)18/h4-7,14,16-17,19H,8-13H2,1-3H3,(H2,25,27)(H,26,30)/t16?,17-,19?,24+/m0/s1. The molecule has 0 radical (unpaired) electrons. The number of hydrogen-bond donors (Lipinski definition) is 2. The lowest BCUT2D eigenvalue weighted by Gasteiger charge is -2.35. The molecule has 0 bridgehead atoms. The highest BCUT2D eigenvalue weighted by Crippen LogP contribution is 2.53. The van der Waals surface area contributed by atoms with Crippen LogP contribution in [0.15, 0.2) is 29.3 Å². The number of amides is 2. The number of fused-ring (bicyclic) bond motifs is 1. The molecule has 4 aliphatic rings. The van der Waals surface area contributed by atoms with Gasteiger partial charge in [0, 0.05) is 24.4 Å². The van der Waals surface area contributed by atoms with Crippen molar-refractivity contribution in [1.82, 2.24) is 10.2 Å². The summed E-state index contributed by atoms with van der Waals surface area (Å²) in [6, 6.07) is 7.98. The molecule has 2 heterocycles. The lowest BCUT2D eigenvalue weighted by Crippen LogP contribution is -2.52. The molecule has 2 aliphatic carbocycles. The number of nitrogens with two attached hydrogens (primary N) is 1. The minimum absolute atomic E-state index is 0.0181. The van der Waals surface area contributed by atoms with Gasteiger partial charge in [0.25, 0.3) is 0 Å². The summed E-state index contributed by atoms with van der Waals surface area (Å²) in [6.07, 6.45) is 4.49. The Bertz CT molecular complexity index is 954. The van der Waals surface area contributed by atoms with Crippen LogP contribution >= 0.6 is 0 Å². The molecule has 0 saturated heterocycles. The van der Waals surface area contributed by atoms with E-state index in [2.05, 4.69) is 17.2 Å². The van der Waals surface area contributed by atoms with Crippen LogP contribution in [0.2, 0.25) is 0 Å². The molecule has 2 fully saturated rings. The number of nitrogens with zero attached hydrogens (tertiary/aromatic N) is 2. The molecule has 2 amide bonds. The molecular weight excluding hydrogens is 392 g/mol. The van der Waals surface area contributed by atoms with Gasteiger partial charge in [0.2, 0.25) is 11.8 Å². The summed E-state index contributed by atoms with van der Waals surface area (Å²) in [7, 11) is 0. The molecule has 1 aromatic rings. The van der Waals surface area contributed by atoms with Crippen LogP contribution in [0.1, 0.15) is 64.5 Å². The van der Waals surface area contributed by atoms with Gasteiger partial charge >= 0.3 is 0 Å². The molecule has 7 heteroatoms. The largest absolute Gasteiger partial charge is 0.490 e. The summed E-state index contributed by atoms with van der Waals surface area (Å²) < 4.78 is 6.20. The second-order valence-corrected chi connectivity index (χ2v) is 10.7. The molecule has 4 atom stereocenters. The first-order valence-corrected chi connectivity index (χ1v) is 11.4. The monoisotopic (exact) mass is 424 g/mol. The fourth-order valence-electron chi connectivity index (χ4n) is 5.14. The zero-order chi connectivity index (χ0) is 22.0. The van der Waals surface area contributed by atoms with Crippen molar-refractivity contribution in [1.29, 1.82) is 0 Å². The summed E-state index contributed by atoms with van der Waals surface area (Å²) >= 11 is 0. The third-order valence-corrected chi connectivity index (χ3v) is 7.27. The number of hydrogen-bond acceptors (Lipinski definition) is 5. The predicted molar refractivity (Wildman–Crippen MR) is 117 cm³/mol. The highest BCUT2D eigenvalue weighted by molar-refractivity contribution is 5.99. The van der Waals surface area contributed by atoms with Crippen LogP contribution in [0, 0.1) is 17.3 Å². The Labute approximate surface area is 183 Å². The number of carbonyl (C=O) groups is 2. The van der Waals surface area contributed by atoms with E-state index in [1.54, 1.807) is 4.90 Å². The molecule has 31 heavy (non-hydrogen) atoms. The third kappa shape index (κ3) is 3.90. The zero-order valence-corrected chi connectivity index (χ0v) is 18.6. The van der Waals surface area contributed by atoms with Gasteiger partial charge in [0.1, 0.15) is 11.9 Å². The Kier molecular flexibility index (Phi) is 4.57. The second kappa shape index (κ2) is 6.97. The fourth-order valence-corrected chi connectivity index (χ4v) is 5.14. The molecular formula is C24H32N4O3. The average Bonchev–Trinajstić information content (AvgIpc) is 3.60. The minimum Gasteiger partial charge on any atom is -0.490 e. The molecule has 0 spiro atoms. The Morgan fingerprint density at radius 3 is 2.74 bits per heavy atom. The van der Waals surface area contributed by atoms with Crippen molar-refractivity contribution in [2.24, 2.45) is 28.0 Å². The summed E-state index contributed by atoms with van der Waals surface area (Å²) in [6.45, 7) is 6.31. The number of rotatable bonds is 5. The molecule has 7 nitrogen and oxygen atoms in total. The van der Waals surface area contributed by atoms with Crippen molar-refractivity contribution >= 4 is 17.8 Å². The Hall–Kier alpha value is -2.57. The van der Waals surface area contributed by atoms with Crippen LogP contribution in [0.5, 0.6) is 5.75 Å². The van der Waals surface area contributed by atoms with Gasteiger partial charge in [0.15, 0.2) is 5.96 Å². The molecule has 2 saturated carbocycles. The Morgan fingerprint density at radius 1 is 1.29 bits per heavy atom. The summed E-state index contributed by atoms with van der Waals surface area (Å²) in [4.78, 5) is 31.8. The average molecular weight is 425 g/mol. The van der Waals surface area contributed by atoms with Gasteiger partial charge < -0.3 is 15.8 Å². The highest BCUT2D eigenvalue weighted by atomic mass is 16.5. The minimum atomic E-state index is -0.465. The zero-order valence-electron chi connectivity index (χ0n) is 18.6. The van der Waals surface area contributed by atoms with Gasteiger partial charge in [-0.05, 0) is 50.5 Å². The van der Waals surface area contributed by atoms with E-state index >= 15 is 0 Å². The lowest BCUT2D eigenvalue weighted by atomic mass is 9.94. The van der Waals surface area contributed by atoms with Crippen molar-refractivity contribution in [2.75, 3.05) is 6.54 Å². The van der Waals surface area contributed by atoms with Gasteiger partial charge in [0.05, 0.1) is 18.0 Å². The number of aliphatic imine (C=N–C) groups is 1. The van der Waals surface area contributed by atoms with Crippen LogP contribution in [0.25, 0.3) is 0 Å². The van der Waals surface area contributed by atoms with Gasteiger partial charge in [-0.15, -0.1) is 0 Å². The van der Waals surface area contributed by atoms with Crippen molar-refractivity contribution in [3.8, 4) is 5.75 Å². The van der Waals surface area contributed by atoms with Crippen LogP contribution in [-0.2, 0) is 9.59 Å². The molecule has 0 aromatic heterocycles. The summed E-state index contributed by atoms with van der Waals surface area (Å²) in [5, 5.41) is 3.29. The van der Waals surface area contributed by atoms with Crippen LogP contribution in [0.4, 0.5) is 0 Å². The van der Waals surface area contributed by atoms with Gasteiger partial charge in [-0.2, -0.15) is 0 Å². The van der Waals surface area contributed by atoms with E-state index in [0.29, 0.717) is 18.9 Å². The first kappa shape index (κ1) is 20.3. The van der Waals surface area contributed by atoms with Crippen molar-refractivity contribution in [3.63, 3.8) is 0 Å². The Morgan fingerprint density at radius 2 is 2.03 bits per heavy atom. The van der Waals surface area contributed by atoms with E-state index in [1.165, 1.54) is 12.8 Å². The van der Waals surface area contributed by atoms with Crippen molar-refractivity contribution in [3.05, 3.63) is 29.8 Å². The highest BCUT2D eigenvalue weighted by Gasteiger charge is 2.57. The third-order valence-electron chi connectivity index (χ3n) is 7.27. The van der Waals surface area contributed by atoms with Crippen molar-refractivity contribution < 1.29 is 14.3 Å². The fraction of sp³-hybridized carbons (Fsp3) is 0.625. The maximum atomic E-state index is 13.2. The number of para-hydroxylation sites is 1. The topological polar surface area (TPSA) is 97.0 Å². The normalized spacial score (nSPS) is 33.8. The molecule has 5 rings (SSSR count). The van der Waals surface area contributed by atoms with Crippen molar-refractivity contribution in [2.45, 2.75) is 70.6 Å². The molecule has 166 valence electrons. The van der Waals surface area contributed by atoms with E-state index in [9.17, 15) is 9.59 Å². The van der Waals surface area contributed by atoms with Gasteiger partial charge in [-0.1, -0.05) is 25.1 Å². The van der Waals surface area contributed by atoms with E-state index in [1.807, 2.05) is 38.1 Å². The van der Waals surface area contributed by atoms with E-state index < -0.39 is 5.54 Å². The van der Waals surface area contributed by atoms with E-state index in [0.717, 1.165) is 24.2 Å². The second-order valence-electron chi connectivity index (χ2n) is 10.7. The van der Waals surface area contributed by atoms with Crippen LogP contribution < -0.4 is 15.8 Å². The summed E-state index contributed by atoms with van der Waals surface area (Å²) in [5.74, 6) is 1.67. The van der Waals surface area contributed by atoms with Crippen LogP contribution in [0.3, 0.4) is 0 Å². The Balaban J connectivity index is 1.26. The first-order valence-electron chi connectivity index (χ1n) is 11.4. The maximum absolute atomic E-state index is 13.2. The molecule has 2 unspecified atom stereocenters. The number of carbonyl (C=O) groups excluding carboxylic acids is 2. The summed E-state index contributed by atoms with van der Waals surface area (Å²) in [5.41, 5.74) is 6.41. The first-order chi connectivity index (χ1) is 14.7. The van der Waals surface area contributed by atoms with Gasteiger partial charge in [-0.3, -0.25) is 14.5 Å². The number of benzene rings is 1.